The van der Waals surface area contributed by atoms with Gasteiger partial charge in [-0.1, -0.05) is 18.9 Å². The number of hydrogen-bond acceptors (Lipinski definition) is 3. The normalized spacial score (nSPS) is 17.4. The van der Waals surface area contributed by atoms with Crippen LogP contribution in [0.5, 0.6) is 5.75 Å². The molecule has 1 aliphatic rings. The summed E-state index contributed by atoms with van der Waals surface area (Å²) in [5.41, 5.74) is 0.927. The summed E-state index contributed by atoms with van der Waals surface area (Å²) in [7, 11) is 0. The van der Waals surface area contributed by atoms with Gasteiger partial charge in [0, 0.05) is 23.1 Å². The number of aromatic hydroxyl groups is 1. The van der Waals surface area contributed by atoms with Crippen LogP contribution >= 0.6 is 0 Å². The standard InChI is InChI=1S/C15H21NO3/c1-11-12(5-4-6-13(11)18)14(19)16-9-15(10-17)7-2-3-8-15/h4-6,17-18H,2-3,7-10H2,1H3,(H,16,19). The molecule has 104 valence electrons. The van der Waals surface area contributed by atoms with E-state index in [0.717, 1.165) is 25.7 Å². The van der Waals surface area contributed by atoms with Crippen LogP contribution in [0.15, 0.2) is 18.2 Å². The highest BCUT2D eigenvalue weighted by Crippen LogP contribution is 2.37. The summed E-state index contributed by atoms with van der Waals surface area (Å²) in [5, 5.41) is 22.0. The molecule has 1 aromatic rings. The molecule has 0 atom stereocenters. The molecule has 4 heteroatoms. The molecule has 1 amide bonds. The molecule has 0 bridgehead atoms. The maximum absolute atomic E-state index is 12.1. The number of benzene rings is 1. The van der Waals surface area contributed by atoms with Crippen molar-refractivity contribution in [1.82, 2.24) is 5.32 Å². The molecule has 1 fully saturated rings. The Balaban J connectivity index is 2.03. The predicted octanol–water partition coefficient (Wildman–Crippen LogP) is 1.98. The van der Waals surface area contributed by atoms with Gasteiger partial charge in [0.25, 0.3) is 5.91 Å². The van der Waals surface area contributed by atoms with E-state index in [-0.39, 0.29) is 23.7 Å². The first-order valence-corrected chi connectivity index (χ1v) is 6.76. The molecule has 2 rings (SSSR count). The van der Waals surface area contributed by atoms with Crippen LogP contribution in [0.1, 0.15) is 41.6 Å². The van der Waals surface area contributed by atoms with Gasteiger partial charge in [0.1, 0.15) is 5.75 Å². The maximum Gasteiger partial charge on any atom is 0.251 e. The summed E-state index contributed by atoms with van der Waals surface area (Å²) >= 11 is 0. The Labute approximate surface area is 113 Å². The number of rotatable bonds is 4. The maximum atomic E-state index is 12.1. The number of aliphatic hydroxyl groups is 1. The Morgan fingerprint density at radius 2 is 2.05 bits per heavy atom. The number of amides is 1. The van der Waals surface area contributed by atoms with Gasteiger partial charge in [-0.05, 0) is 31.9 Å². The number of aliphatic hydroxyl groups excluding tert-OH is 1. The molecule has 4 nitrogen and oxygen atoms in total. The molecule has 3 N–H and O–H groups in total. The van der Waals surface area contributed by atoms with E-state index in [1.165, 1.54) is 0 Å². The number of phenolic OH excluding ortho intramolecular Hbond substituents is 1. The quantitative estimate of drug-likeness (QED) is 0.778. The predicted molar refractivity (Wildman–Crippen MR) is 73.2 cm³/mol. The van der Waals surface area contributed by atoms with Crippen LogP contribution in [0.4, 0.5) is 0 Å². The van der Waals surface area contributed by atoms with Crippen molar-refractivity contribution in [3.63, 3.8) is 0 Å². The van der Waals surface area contributed by atoms with Gasteiger partial charge >= 0.3 is 0 Å². The van der Waals surface area contributed by atoms with Crippen LogP contribution in [0, 0.1) is 12.3 Å². The summed E-state index contributed by atoms with van der Waals surface area (Å²) in [6.07, 6.45) is 4.15. The lowest BCUT2D eigenvalue weighted by Gasteiger charge is -2.26. The minimum absolute atomic E-state index is 0.117. The van der Waals surface area contributed by atoms with Crippen LogP contribution in [-0.4, -0.2) is 29.3 Å². The largest absolute Gasteiger partial charge is 0.508 e. The van der Waals surface area contributed by atoms with E-state index in [2.05, 4.69) is 5.32 Å². The lowest BCUT2D eigenvalue weighted by molar-refractivity contribution is 0.0879. The number of phenols is 1. The first-order chi connectivity index (χ1) is 9.08. The SMILES string of the molecule is Cc1c(O)cccc1C(=O)NCC1(CO)CCCC1. The molecular formula is C15H21NO3. The van der Waals surface area contributed by atoms with E-state index in [0.29, 0.717) is 17.7 Å². The van der Waals surface area contributed by atoms with Gasteiger partial charge in [0.15, 0.2) is 0 Å². The molecule has 19 heavy (non-hydrogen) atoms. The van der Waals surface area contributed by atoms with Crippen molar-refractivity contribution in [3.05, 3.63) is 29.3 Å². The fourth-order valence-electron chi connectivity index (χ4n) is 2.75. The minimum atomic E-state index is -0.187. The van der Waals surface area contributed by atoms with Gasteiger partial charge in [-0.15, -0.1) is 0 Å². The number of carbonyl (C=O) groups excluding carboxylic acids is 1. The van der Waals surface area contributed by atoms with Crippen LogP contribution in [0.25, 0.3) is 0 Å². The third-order valence-corrected chi connectivity index (χ3v) is 4.17. The highest BCUT2D eigenvalue weighted by Gasteiger charge is 2.33. The fourth-order valence-corrected chi connectivity index (χ4v) is 2.75. The molecule has 1 aromatic carbocycles. The second-order valence-corrected chi connectivity index (χ2v) is 5.50. The van der Waals surface area contributed by atoms with Crippen molar-refractivity contribution in [3.8, 4) is 5.75 Å². The van der Waals surface area contributed by atoms with Gasteiger partial charge < -0.3 is 15.5 Å². The monoisotopic (exact) mass is 263 g/mol. The summed E-state index contributed by atoms with van der Waals surface area (Å²) < 4.78 is 0. The number of carbonyl (C=O) groups is 1. The first kappa shape index (κ1) is 13.9. The lowest BCUT2D eigenvalue weighted by Crippen LogP contribution is -2.38. The third-order valence-electron chi connectivity index (χ3n) is 4.17. The average molecular weight is 263 g/mol. The van der Waals surface area contributed by atoms with E-state index in [9.17, 15) is 15.0 Å². The van der Waals surface area contributed by atoms with Gasteiger partial charge in [-0.25, -0.2) is 0 Å². The Hall–Kier alpha value is -1.55. The Kier molecular flexibility index (Phi) is 4.10. The Morgan fingerprint density at radius 3 is 2.68 bits per heavy atom. The molecule has 0 spiro atoms. The number of hydrogen-bond donors (Lipinski definition) is 3. The molecule has 1 saturated carbocycles. The third kappa shape index (κ3) is 2.89. The van der Waals surface area contributed by atoms with Crippen molar-refractivity contribution < 1.29 is 15.0 Å². The second kappa shape index (κ2) is 5.61. The molecule has 0 aromatic heterocycles. The molecule has 1 aliphatic carbocycles. The molecule has 0 aliphatic heterocycles. The van der Waals surface area contributed by atoms with Gasteiger partial charge in [-0.2, -0.15) is 0 Å². The van der Waals surface area contributed by atoms with Gasteiger partial charge in [-0.3, -0.25) is 4.79 Å². The fraction of sp³-hybridized carbons (Fsp3) is 0.533. The van der Waals surface area contributed by atoms with E-state index < -0.39 is 0 Å². The molecule has 0 heterocycles. The van der Waals surface area contributed by atoms with Crippen LogP contribution in [0.2, 0.25) is 0 Å². The molecule has 0 saturated heterocycles. The van der Waals surface area contributed by atoms with E-state index >= 15 is 0 Å². The molecule has 0 unspecified atom stereocenters. The van der Waals surface area contributed by atoms with Crippen molar-refractivity contribution in [2.45, 2.75) is 32.6 Å². The van der Waals surface area contributed by atoms with Crippen LogP contribution in [-0.2, 0) is 0 Å². The van der Waals surface area contributed by atoms with Gasteiger partial charge in [0.05, 0.1) is 6.61 Å². The van der Waals surface area contributed by atoms with Crippen molar-refractivity contribution in [2.24, 2.45) is 5.41 Å². The van der Waals surface area contributed by atoms with Crippen molar-refractivity contribution in [1.29, 1.82) is 0 Å². The zero-order valence-corrected chi connectivity index (χ0v) is 11.3. The number of nitrogens with one attached hydrogen (secondary N) is 1. The summed E-state index contributed by atoms with van der Waals surface area (Å²) in [6.45, 7) is 2.34. The van der Waals surface area contributed by atoms with E-state index in [4.69, 9.17) is 0 Å². The average Bonchev–Trinajstić information content (AvgIpc) is 2.89. The van der Waals surface area contributed by atoms with Gasteiger partial charge in [0.2, 0.25) is 0 Å². The van der Waals surface area contributed by atoms with E-state index in [1.807, 2.05) is 0 Å². The topological polar surface area (TPSA) is 69.6 Å². The summed E-state index contributed by atoms with van der Waals surface area (Å²) in [6, 6.07) is 4.93. The Morgan fingerprint density at radius 1 is 1.37 bits per heavy atom. The lowest BCUT2D eigenvalue weighted by atomic mass is 9.87. The second-order valence-electron chi connectivity index (χ2n) is 5.50. The summed E-state index contributed by atoms with van der Waals surface area (Å²) in [5.74, 6) is -0.0569. The molecular weight excluding hydrogens is 242 g/mol. The smallest absolute Gasteiger partial charge is 0.251 e. The highest BCUT2D eigenvalue weighted by molar-refractivity contribution is 5.96. The van der Waals surface area contributed by atoms with E-state index in [1.54, 1.807) is 25.1 Å². The summed E-state index contributed by atoms with van der Waals surface area (Å²) in [4.78, 5) is 12.1. The van der Waals surface area contributed by atoms with Crippen molar-refractivity contribution >= 4 is 5.91 Å². The van der Waals surface area contributed by atoms with Crippen LogP contribution < -0.4 is 5.32 Å². The zero-order chi connectivity index (χ0) is 13.9. The molecule has 0 radical (unpaired) electrons. The zero-order valence-electron chi connectivity index (χ0n) is 11.3. The minimum Gasteiger partial charge on any atom is -0.508 e. The highest BCUT2D eigenvalue weighted by atomic mass is 16.3. The van der Waals surface area contributed by atoms with Crippen LogP contribution in [0.3, 0.4) is 0 Å². The van der Waals surface area contributed by atoms with Crippen molar-refractivity contribution in [2.75, 3.05) is 13.2 Å². The first-order valence-electron chi connectivity index (χ1n) is 6.76. The Bertz CT molecular complexity index is 464.